The van der Waals surface area contributed by atoms with Gasteiger partial charge in [0.15, 0.2) is 11.6 Å². The minimum Gasteiger partial charge on any atom is -0.380 e. The fourth-order valence-corrected chi connectivity index (χ4v) is 1.39. The summed E-state index contributed by atoms with van der Waals surface area (Å²) in [4.78, 5) is 0. The zero-order valence-electron chi connectivity index (χ0n) is 9.76. The Labute approximate surface area is 94.6 Å². The molecule has 90 valence electrons. The molecule has 0 aromatic heterocycles. The van der Waals surface area contributed by atoms with Crippen molar-refractivity contribution in [3.05, 3.63) is 35.4 Å². The minimum atomic E-state index is -0.814. The predicted molar refractivity (Wildman–Crippen MR) is 59.2 cm³/mol. The van der Waals surface area contributed by atoms with Gasteiger partial charge in [-0.15, -0.1) is 0 Å². The van der Waals surface area contributed by atoms with E-state index in [0.29, 0.717) is 12.1 Å². The molecule has 0 aliphatic rings. The predicted octanol–water partition coefficient (Wildman–Crippen LogP) is 2.65. The highest BCUT2D eigenvalue weighted by atomic mass is 19.2. The molecule has 0 fully saturated rings. The average molecular weight is 229 g/mol. The molecule has 2 unspecified atom stereocenters. The molecule has 1 aromatic rings. The van der Waals surface area contributed by atoms with Crippen molar-refractivity contribution >= 4 is 0 Å². The molecule has 4 heteroatoms. The van der Waals surface area contributed by atoms with Gasteiger partial charge in [-0.2, -0.15) is 0 Å². The summed E-state index contributed by atoms with van der Waals surface area (Å²) >= 11 is 0. The first-order valence-electron chi connectivity index (χ1n) is 5.26. The standard InChI is InChI=1S/C12H17F2NO/c1-8(16-3)7-15-9(2)10-5-4-6-11(13)12(10)14/h4-6,8-9,15H,7H2,1-3H3. The zero-order chi connectivity index (χ0) is 12.1. The van der Waals surface area contributed by atoms with Crippen molar-refractivity contribution in [2.24, 2.45) is 0 Å². The van der Waals surface area contributed by atoms with E-state index in [1.54, 1.807) is 20.1 Å². The number of benzene rings is 1. The fourth-order valence-electron chi connectivity index (χ4n) is 1.39. The Morgan fingerprint density at radius 1 is 1.31 bits per heavy atom. The summed E-state index contributed by atoms with van der Waals surface area (Å²) in [5.74, 6) is -1.60. The fraction of sp³-hybridized carbons (Fsp3) is 0.500. The average Bonchev–Trinajstić information content (AvgIpc) is 2.29. The van der Waals surface area contributed by atoms with E-state index in [9.17, 15) is 8.78 Å². The molecule has 1 rings (SSSR count). The van der Waals surface area contributed by atoms with Crippen molar-refractivity contribution < 1.29 is 13.5 Å². The third-order valence-electron chi connectivity index (χ3n) is 2.56. The highest BCUT2D eigenvalue weighted by Crippen LogP contribution is 2.18. The van der Waals surface area contributed by atoms with E-state index in [-0.39, 0.29) is 12.1 Å². The normalized spacial score (nSPS) is 14.8. The molecule has 16 heavy (non-hydrogen) atoms. The van der Waals surface area contributed by atoms with Crippen molar-refractivity contribution in [1.82, 2.24) is 5.32 Å². The van der Waals surface area contributed by atoms with Gasteiger partial charge in [0.2, 0.25) is 0 Å². The van der Waals surface area contributed by atoms with Gasteiger partial charge < -0.3 is 10.1 Å². The third kappa shape index (κ3) is 3.25. The second-order valence-electron chi connectivity index (χ2n) is 3.82. The Balaban J connectivity index is 2.66. The second kappa shape index (κ2) is 5.92. The molecule has 0 aliphatic carbocycles. The monoisotopic (exact) mass is 229 g/mol. The van der Waals surface area contributed by atoms with E-state index < -0.39 is 11.6 Å². The third-order valence-corrected chi connectivity index (χ3v) is 2.56. The van der Waals surface area contributed by atoms with Gasteiger partial charge in [0.25, 0.3) is 0 Å². The Morgan fingerprint density at radius 2 is 2.00 bits per heavy atom. The Bertz CT molecular complexity index is 344. The quantitative estimate of drug-likeness (QED) is 0.838. The first-order chi connectivity index (χ1) is 7.56. The zero-order valence-corrected chi connectivity index (χ0v) is 9.76. The highest BCUT2D eigenvalue weighted by Gasteiger charge is 2.14. The van der Waals surface area contributed by atoms with Gasteiger partial charge in [-0.25, -0.2) is 8.78 Å². The lowest BCUT2D eigenvalue weighted by atomic mass is 10.1. The lowest BCUT2D eigenvalue weighted by molar-refractivity contribution is 0.114. The van der Waals surface area contributed by atoms with Crippen molar-refractivity contribution in [1.29, 1.82) is 0 Å². The molecular weight excluding hydrogens is 212 g/mol. The SMILES string of the molecule is COC(C)CNC(C)c1cccc(F)c1F. The Morgan fingerprint density at radius 3 is 2.62 bits per heavy atom. The molecule has 2 nitrogen and oxygen atoms in total. The van der Waals surface area contributed by atoms with Gasteiger partial charge >= 0.3 is 0 Å². The first kappa shape index (κ1) is 13.1. The molecule has 0 aliphatic heterocycles. The van der Waals surface area contributed by atoms with Gasteiger partial charge in [-0.1, -0.05) is 12.1 Å². The number of ether oxygens (including phenoxy) is 1. The lowest BCUT2D eigenvalue weighted by Crippen LogP contribution is -2.29. The van der Waals surface area contributed by atoms with Crippen LogP contribution in [0.3, 0.4) is 0 Å². The summed E-state index contributed by atoms with van der Waals surface area (Å²) in [5.41, 5.74) is 0.336. The molecule has 1 N–H and O–H groups in total. The van der Waals surface area contributed by atoms with E-state index in [0.717, 1.165) is 6.07 Å². The van der Waals surface area contributed by atoms with Crippen molar-refractivity contribution in [3.63, 3.8) is 0 Å². The Kier molecular flexibility index (Phi) is 4.83. The molecule has 0 radical (unpaired) electrons. The first-order valence-corrected chi connectivity index (χ1v) is 5.26. The number of hydrogen-bond acceptors (Lipinski definition) is 2. The number of halogens is 2. The molecule has 0 heterocycles. The topological polar surface area (TPSA) is 21.3 Å². The summed E-state index contributed by atoms with van der Waals surface area (Å²) in [5, 5.41) is 3.09. The number of hydrogen-bond donors (Lipinski definition) is 1. The van der Waals surface area contributed by atoms with Crippen molar-refractivity contribution in [2.45, 2.75) is 26.0 Å². The lowest BCUT2D eigenvalue weighted by Gasteiger charge is -2.17. The smallest absolute Gasteiger partial charge is 0.163 e. The largest absolute Gasteiger partial charge is 0.380 e. The molecule has 0 spiro atoms. The summed E-state index contributed by atoms with van der Waals surface area (Å²) in [7, 11) is 1.61. The maximum Gasteiger partial charge on any atom is 0.163 e. The summed E-state index contributed by atoms with van der Waals surface area (Å²) in [6, 6.07) is 3.95. The second-order valence-corrected chi connectivity index (χ2v) is 3.82. The van der Waals surface area contributed by atoms with Crippen LogP contribution in [0.25, 0.3) is 0 Å². The van der Waals surface area contributed by atoms with Crippen LogP contribution in [0.4, 0.5) is 8.78 Å². The maximum absolute atomic E-state index is 13.4. The van der Waals surface area contributed by atoms with Crippen LogP contribution in [-0.2, 0) is 4.74 Å². The number of nitrogens with one attached hydrogen (secondary N) is 1. The minimum absolute atomic E-state index is 0.0408. The molecule has 2 atom stereocenters. The molecule has 0 bridgehead atoms. The van der Waals surface area contributed by atoms with Gasteiger partial charge in [0.05, 0.1) is 6.10 Å². The van der Waals surface area contributed by atoms with Crippen molar-refractivity contribution in [3.8, 4) is 0 Å². The molecular formula is C12H17F2NO. The van der Waals surface area contributed by atoms with E-state index >= 15 is 0 Å². The maximum atomic E-state index is 13.4. The van der Waals surface area contributed by atoms with Crippen LogP contribution in [0.2, 0.25) is 0 Å². The molecule has 1 aromatic carbocycles. The van der Waals surface area contributed by atoms with E-state index in [4.69, 9.17) is 4.74 Å². The van der Waals surface area contributed by atoms with E-state index in [1.807, 2.05) is 6.92 Å². The summed E-state index contributed by atoms with van der Waals surface area (Å²) in [6.07, 6.45) is 0.0408. The summed E-state index contributed by atoms with van der Waals surface area (Å²) < 4.78 is 31.4. The molecule has 0 saturated heterocycles. The van der Waals surface area contributed by atoms with Crippen molar-refractivity contribution in [2.75, 3.05) is 13.7 Å². The van der Waals surface area contributed by atoms with Gasteiger partial charge in [-0.3, -0.25) is 0 Å². The van der Waals surface area contributed by atoms with E-state index in [2.05, 4.69) is 5.32 Å². The highest BCUT2D eigenvalue weighted by molar-refractivity contribution is 5.21. The van der Waals surface area contributed by atoms with Crippen LogP contribution in [0.15, 0.2) is 18.2 Å². The van der Waals surface area contributed by atoms with Gasteiger partial charge in [-0.05, 0) is 19.9 Å². The van der Waals surface area contributed by atoms with E-state index in [1.165, 1.54) is 6.07 Å². The van der Waals surface area contributed by atoms with Gasteiger partial charge in [0.1, 0.15) is 0 Å². The number of methoxy groups -OCH3 is 1. The Hall–Kier alpha value is -1.00. The van der Waals surface area contributed by atoms with Crippen LogP contribution in [-0.4, -0.2) is 19.8 Å². The number of rotatable bonds is 5. The van der Waals surface area contributed by atoms with Crippen LogP contribution >= 0.6 is 0 Å². The molecule has 0 amide bonds. The molecule has 0 saturated carbocycles. The van der Waals surface area contributed by atoms with Crippen LogP contribution in [0.5, 0.6) is 0 Å². The van der Waals surface area contributed by atoms with Crippen LogP contribution in [0, 0.1) is 11.6 Å². The van der Waals surface area contributed by atoms with Crippen LogP contribution < -0.4 is 5.32 Å². The van der Waals surface area contributed by atoms with Crippen LogP contribution in [0.1, 0.15) is 25.5 Å². The van der Waals surface area contributed by atoms with Gasteiger partial charge in [0, 0.05) is 25.3 Å². The summed E-state index contributed by atoms with van der Waals surface area (Å²) in [6.45, 7) is 4.29.